The molecule has 2 aromatic rings. The molecule has 0 bridgehead atoms. The number of aromatic amines is 1. The topological polar surface area (TPSA) is 84.7 Å². The molecule has 0 saturated heterocycles. The van der Waals surface area contributed by atoms with E-state index in [9.17, 15) is 4.79 Å². The van der Waals surface area contributed by atoms with Crippen molar-refractivity contribution in [3.8, 4) is 0 Å². The molecule has 7 heteroatoms. The summed E-state index contributed by atoms with van der Waals surface area (Å²) in [7, 11) is 0. The van der Waals surface area contributed by atoms with Gasteiger partial charge in [0.25, 0.3) is 5.56 Å². The molecule has 3 N–H and O–H groups in total. The third-order valence-corrected chi connectivity index (χ3v) is 2.83. The summed E-state index contributed by atoms with van der Waals surface area (Å²) in [5, 5.41) is 1.28. The Kier molecular flexibility index (Phi) is 3.12. The van der Waals surface area contributed by atoms with Crippen LogP contribution in [-0.2, 0) is 0 Å². The number of pyridine rings is 1. The quantitative estimate of drug-likeness (QED) is 0.627. The summed E-state index contributed by atoms with van der Waals surface area (Å²) in [6.07, 6.45) is 1.42. The van der Waals surface area contributed by atoms with Crippen LogP contribution in [0.4, 0.5) is 5.69 Å². The molecule has 0 aliphatic carbocycles. The van der Waals surface area contributed by atoms with Crippen molar-refractivity contribution in [1.82, 2.24) is 15.0 Å². The molecular weight excluding hydrogens is 248 g/mol. The van der Waals surface area contributed by atoms with Crippen LogP contribution in [-0.4, -0.2) is 15.0 Å². The van der Waals surface area contributed by atoms with Gasteiger partial charge in [0.1, 0.15) is 10.2 Å². The van der Waals surface area contributed by atoms with Crippen molar-refractivity contribution in [2.45, 2.75) is 10.2 Å². The van der Waals surface area contributed by atoms with Gasteiger partial charge in [0.2, 0.25) is 0 Å². The number of rotatable bonds is 2. The van der Waals surface area contributed by atoms with Gasteiger partial charge in [-0.05, 0) is 23.9 Å². The maximum absolute atomic E-state index is 11.0. The predicted molar refractivity (Wildman–Crippen MR) is 62.6 cm³/mol. The summed E-state index contributed by atoms with van der Waals surface area (Å²) < 4.78 is 0. The fourth-order valence-electron chi connectivity index (χ4n) is 1.01. The first-order valence-electron chi connectivity index (χ1n) is 4.30. The molecule has 0 spiro atoms. The van der Waals surface area contributed by atoms with Crippen molar-refractivity contribution in [3.05, 3.63) is 39.9 Å². The first-order valence-corrected chi connectivity index (χ1v) is 5.50. The van der Waals surface area contributed by atoms with Crippen molar-refractivity contribution in [2.24, 2.45) is 0 Å². The van der Waals surface area contributed by atoms with Crippen molar-refractivity contribution in [2.75, 3.05) is 5.73 Å². The van der Waals surface area contributed by atoms with Gasteiger partial charge in [-0.2, -0.15) is 0 Å². The van der Waals surface area contributed by atoms with E-state index in [0.29, 0.717) is 21.0 Å². The summed E-state index contributed by atoms with van der Waals surface area (Å²) in [5.74, 6) is 0. The van der Waals surface area contributed by atoms with E-state index in [1.807, 2.05) is 0 Å². The van der Waals surface area contributed by atoms with Crippen molar-refractivity contribution in [3.63, 3.8) is 0 Å². The minimum absolute atomic E-state index is 0.224. The van der Waals surface area contributed by atoms with Gasteiger partial charge < -0.3 is 10.7 Å². The number of anilines is 1. The third kappa shape index (κ3) is 2.53. The van der Waals surface area contributed by atoms with Crippen LogP contribution >= 0.6 is 23.4 Å². The van der Waals surface area contributed by atoms with Crippen LogP contribution in [0.25, 0.3) is 0 Å². The van der Waals surface area contributed by atoms with Crippen LogP contribution in [0.2, 0.25) is 5.15 Å². The van der Waals surface area contributed by atoms with Crippen molar-refractivity contribution < 1.29 is 0 Å². The van der Waals surface area contributed by atoms with Gasteiger partial charge in [-0.25, -0.2) is 9.97 Å². The molecular formula is C9H7ClN4OS. The van der Waals surface area contributed by atoms with Crippen LogP contribution in [0.5, 0.6) is 0 Å². The summed E-state index contributed by atoms with van der Waals surface area (Å²) in [4.78, 5) is 21.6. The van der Waals surface area contributed by atoms with Gasteiger partial charge in [-0.15, -0.1) is 0 Å². The second-order valence-electron chi connectivity index (χ2n) is 2.87. The Morgan fingerprint density at radius 1 is 1.38 bits per heavy atom. The Balaban J connectivity index is 2.33. The lowest BCUT2D eigenvalue weighted by atomic mass is 10.4. The lowest BCUT2D eigenvalue weighted by Gasteiger charge is -2.03. The van der Waals surface area contributed by atoms with Crippen molar-refractivity contribution in [1.29, 1.82) is 0 Å². The van der Waals surface area contributed by atoms with Crippen molar-refractivity contribution >= 4 is 29.1 Å². The highest BCUT2D eigenvalue weighted by Gasteiger charge is 2.06. The van der Waals surface area contributed by atoms with Crippen LogP contribution in [0.15, 0.2) is 39.4 Å². The molecule has 0 fully saturated rings. The molecule has 0 aliphatic rings. The highest BCUT2D eigenvalue weighted by molar-refractivity contribution is 7.99. The molecule has 0 amide bonds. The maximum atomic E-state index is 11.0. The Bertz CT molecular complexity index is 571. The van der Waals surface area contributed by atoms with Gasteiger partial charge >= 0.3 is 0 Å². The zero-order valence-corrected chi connectivity index (χ0v) is 9.55. The van der Waals surface area contributed by atoms with E-state index in [-0.39, 0.29) is 5.56 Å². The fraction of sp³-hybridized carbons (Fsp3) is 0. The van der Waals surface area contributed by atoms with E-state index in [2.05, 4.69) is 15.0 Å². The molecule has 0 aliphatic heterocycles. The third-order valence-electron chi connectivity index (χ3n) is 1.70. The maximum Gasteiger partial charge on any atom is 0.251 e. The summed E-state index contributed by atoms with van der Waals surface area (Å²) in [5.41, 5.74) is 5.98. The van der Waals surface area contributed by atoms with Gasteiger partial charge in [-0.3, -0.25) is 4.79 Å². The molecule has 0 saturated carbocycles. The van der Waals surface area contributed by atoms with E-state index in [4.69, 9.17) is 17.3 Å². The van der Waals surface area contributed by atoms with E-state index < -0.39 is 0 Å². The average molecular weight is 255 g/mol. The van der Waals surface area contributed by atoms with Gasteiger partial charge in [-0.1, -0.05) is 11.6 Å². The number of nitrogen functional groups attached to an aromatic ring is 1. The predicted octanol–water partition coefficient (Wildman–Crippen LogP) is 1.55. The number of nitrogens with zero attached hydrogens (tertiary/aromatic N) is 2. The zero-order chi connectivity index (χ0) is 11.5. The Labute approximate surface area is 100 Å². The summed E-state index contributed by atoms with van der Waals surface area (Å²) >= 11 is 6.90. The molecule has 5 nitrogen and oxygen atoms in total. The SMILES string of the molecule is Nc1ccc(Cl)nc1Sc1nccc(=O)[nH]1. The van der Waals surface area contributed by atoms with Crippen LogP contribution in [0.3, 0.4) is 0 Å². The largest absolute Gasteiger partial charge is 0.397 e. The average Bonchev–Trinajstić information content (AvgIpc) is 2.24. The number of aromatic nitrogens is 3. The summed E-state index contributed by atoms with van der Waals surface area (Å²) in [6.45, 7) is 0. The number of nitrogens with two attached hydrogens (primary N) is 1. The Morgan fingerprint density at radius 3 is 2.94 bits per heavy atom. The van der Waals surface area contributed by atoms with Crippen LogP contribution in [0, 0.1) is 0 Å². The monoisotopic (exact) mass is 254 g/mol. The second-order valence-corrected chi connectivity index (χ2v) is 4.23. The van der Waals surface area contributed by atoms with Gasteiger partial charge in [0.05, 0.1) is 5.69 Å². The lowest BCUT2D eigenvalue weighted by Crippen LogP contribution is -2.05. The molecule has 0 unspecified atom stereocenters. The molecule has 2 heterocycles. The summed E-state index contributed by atoms with van der Waals surface area (Å²) in [6, 6.07) is 4.58. The normalized spacial score (nSPS) is 10.3. The number of nitrogens with one attached hydrogen (secondary N) is 1. The molecule has 16 heavy (non-hydrogen) atoms. The first-order chi connectivity index (χ1) is 7.65. The molecule has 2 rings (SSSR count). The number of H-pyrrole nitrogens is 1. The van der Waals surface area contributed by atoms with E-state index >= 15 is 0 Å². The molecule has 2 aromatic heterocycles. The van der Waals surface area contributed by atoms with E-state index in [0.717, 1.165) is 11.8 Å². The second kappa shape index (κ2) is 4.54. The van der Waals surface area contributed by atoms with Gasteiger partial charge in [0.15, 0.2) is 5.16 Å². The molecule has 0 aromatic carbocycles. The molecule has 0 atom stereocenters. The molecule has 0 radical (unpaired) electrons. The first kappa shape index (κ1) is 11.0. The lowest BCUT2D eigenvalue weighted by molar-refractivity contribution is 0.932. The minimum Gasteiger partial charge on any atom is -0.397 e. The zero-order valence-electron chi connectivity index (χ0n) is 7.98. The number of hydrogen-bond donors (Lipinski definition) is 2. The van der Waals surface area contributed by atoms with E-state index in [1.54, 1.807) is 12.1 Å². The highest BCUT2D eigenvalue weighted by Crippen LogP contribution is 2.28. The minimum atomic E-state index is -0.224. The van der Waals surface area contributed by atoms with Crippen LogP contribution in [0.1, 0.15) is 0 Å². The highest BCUT2D eigenvalue weighted by atomic mass is 35.5. The Morgan fingerprint density at radius 2 is 2.19 bits per heavy atom. The number of hydrogen-bond acceptors (Lipinski definition) is 5. The Hall–Kier alpha value is -1.53. The van der Waals surface area contributed by atoms with Gasteiger partial charge in [0, 0.05) is 12.3 Å². The number of halogens is 1. The van der Waals surface area contributed by atoms with E-state index in [1.165, 1.54) is 12.3 Å². The standard InChI is InChI=1S/C9H7ClN4OS/c10-6-2-1-5(11)8(13-6)16-9-12-4-3-7(15)14-9/h1-4H,11H2,(H,12,14,15). The smallest absolute Gasteiger partial charge is 0.251 e. The van der Waals surface area contributed by atoms with Crippen LogP contribution < -0.4 is 11.3 Å². The molecule has 82 valence electrons. The fourth-order valence-corrected chi connectivity index (χ4v) is 1.98.